The first-order valence-electron chi connectivity index (χ1n) is 7.55. The van der Waals surface area contributed by atoms with Crippen molar-refractivity contribution >= 4 is 11.6 Å². The number of nitrogens with zero attached hydrogens (tertiary/aromatic N) is 3. The fourth-order valence-electron chi connectivity index (χ4n) is 2.35. The van der Waals surface area contributed by atoms with Crippen molar-refractivity contribution in [1.29, 1.82) is 0 Å². The van der Waals surface area contributed by atoms with Crippen LogP contribution in [0.3, 0.4) is 0 Å². The third-order valence-electron chi connectivity index (χ3n) is 3.62. The molecule has 0 atom stereocenters. The van der Waals surface area contributed by atoms with E-state index in [0.29, 0.717) is 12.5 Å². The van der Waals surface area contributed by atoms with E-state index >= 15 is 0 Å². The molecule has 122 valence electrons. The number of nitrogens with one attached hydrogen (secondary N) is 1. The molecule has 2 aromatic carbocycles. The standard InChI is InChI=1S/C18H18N4O2/c1-13-10-15(24-2)8-9-16(13)20-18-21-17(23)11-19-22(18)12-14-6-4-3-5-7-14/h3-11H,12H2,1-2H3,(H,20,21,23). The number of aryl methyl sites for hydroxylation is 1. The summed E-state index contributed by atoms with van der Waals surface area (Å²) in [6, 6.07) is 15.5. The fourth-order valence-corrected chi connectivity index (χ4v) is 2.35. The lowest BCUT2D eigenvalue weighted by molar-refractivity contribution is 0.414. The fraction of sp³-hybridized carbons (Fsp3) is 0.167. The molecule has 0 saturated heterocycles. The summed E-state index contributed by atoms with van der Waals surface area (Å²) in [5, 5.41) is 7.37. The molecule has 1 heterocycles. The Hall–Kier alpha value is -3.15. The Bertz CT molecular complexity index is 891. The molecule has 0 fully saturated rings. The zero-order chi connectivity index (χ0) is 16.9. The van der Waals surface area contributed by atoms with Crippen LogP contribution in [0.15, 0.2) is 59.5 Å². The van der Waals surface area contributed by atoms with Gasteiger partial charge in [0.15, 0.2) is 0 Å². The first-order valence-corrected chi connectivity index (χ1v) is 7.55. The van der Waals surface area contributed by atoms with Gasteiger partial charge in [0, 0.05) is 5.69 Å². The van der Waals surface area contributed by atoms with E-state index < -0.39 is 0 Å². The minimum absolute atomic E-state index is 0.382. The molecule has 1 N–H and O–H groups in total. The molecule has 0 aliphatic rings. The zero-order valence-electron chi connectivity index (χ0n) is 13.6. The third kappa shape index (κ3) is 3.60. The van der Waals surface area contributed by atoms with E-state index in [-0.39, 0.29) is 5.56 Å². The number of methoxy groups -OCH3 is 1. The second-order valence-electron chi connectivity index (χ2n) is 5.37. The second-order valence-corrected chi connectivity index (χ2v) is 5.37. The highest BCUT2D eigenvalue weighted by Gasteiger charge is 2.08. The summed E-state index contributed by atoms with van der Waals surface area (Å²) in [5.41, 5.74) is 2.52. The monoisotopic (exact) mass is 322 g/mol. The molecule has 0 spiro atoms. The average molecular weight is 322 g/mol. The van der Waals surface area contributed by atoms with E-state index in [1.54, 1.807) is 11.8 Å². The van der Waals surface area contributed by atoms with Crippen LogP contribution >= 0.6 is 0 Å². The molecule has 6 nitrogen and oxygen atoms in total. The third-order valence-corrected chi connectivity index (χ3v) is 3.62. The molecule has 3 aromatic rings. The molecule has 0 unspecified atom stereocenters. The molecule has 0 radical (unpaired) electrons. The first-order chi connectivity index (χ1) is 11.7. The van der Waals surface area contributed by atoms with Crippen LogP contribution in [-0.4, -0.2) is 21.9 Å². The summed E-state index contributed by atoms with van der Waals surface area (Å²) < 4.78 is 6.88. The van der Waals surface area contributed by atoms with Crippen LogP contribution in [0.5, 0.6) is 5.75 Å². The van der Waals surface area contributed by atoms with Gasteiger partial charge in [0.1, 0.15) is 11.9 Å². The molecular formula is C18H18N4O2. The Labute approximate surface area is 139 Å². The summed E-state index contributed by atoms with van der Waals surface area (Å²) in [6.45, 7) is 2.48. The van der Waals surface area contributed by atoms with Gasteiger partial charge in [-0.1, -0.05) is 30.3 Å². The van der Waals surface area contributed by atoms with Crippen molar-refractivity contribution in [3.8, 4) is 5.75 Å². The number of rotatable bonds is 5. The highest BCUT2D eigenvalue weighted by molar-refractivity contribution is 5.59. The second kappa shape index (κ2) is 6.95. The Morgan fingerprint density at radius 2 is 1.96 bits per heavy atom. The van der Waals surface area contributed by atoms with Crippen molar-refractivity contribution < 1.29 is 4.74 Å². The number of hydrogen-bond donors (Lipinski definition) is 1. The lowest BCUT2D eigenvalue weighted by atomic mass is 10.2. The largest absolute Gasteiger partial charge is 0.497 e. The van der Waals surface area contributed by atoms with Gasteiger partial charge in [-0.25, -0.2) is 4.68 Å². The molecule has 24 heavy (non-hydrogen) atoms. The highest BCUT2D eigenvalue weighted by Crippen LogP contribution is 2.23. The quantitative estimate of drug-likeness (QED) is 0.782. The maximum atomic E-state index is 11.6. The summed E-state index contributed by atoms with van der Waals surface area (Å²) in [5.74, 6) is 1.18. The molecule has 0 amide bonds. The van der Waals surface area contributed by atoms with Crippen molar-refractivity contribution in [1.82, 2.24) is 14.8 Å². The Balaban J connectivity index is 1.92. The van der Waals surface area contributed by atoms with Crippen LogP contribution in [0.25, 0.3) is 0 Å². The lowest BCUT2D eigenvalue weighted by Gasteiger charge is -2.14. The zero-order valence-corrected chi connectivity index (χ0v) is 13.6. The van der Waals surface area contributed by atoms with Gasteiger partial charge in [0.25, 0.3) is 5.56 Å². The van der Waals surface area contributed by atoms with Crippen LogP contribution < -0.4 is 15.6 Å². The van der Waals surface area contributed by atoms with Gasteiger partial charge in [-0.15, -0.1) is 0 Å². The molecule has 1 aromatic heterocycles. The van der Waals surface area contributed by atoms with Gasteiger partial charge in [-0.05, 0) is 36.2 Å². The topological polar surface area (TPSA) is 69.0 Å². The summed E-state index contributed by atoms with van der Waals surface area (Å²) in [7, 11) is 1.63. The maximum Gasteiger partial charge on any atom is 0.293 e. The van der Waals surface area contributed by atoms with Crippen molar-refractivity contribution in [2.45, 2.75) is 13.5 Å². The predicted octanol–water partition coefficient (Wildman–Crippen LogP) is 2.75. The normalized spacial score (nSPS) is 10.4. The molecule has 0 bridgehead atoms. The van der Waals surface area contributed by atoms with Crippen molar-refractivity contribution in [2.75, 3.05) is 12.4 Å². The van der Waals surface area contributed by atoms with Gasteiger partial charge in [-0.3, -0.25) is 4.79 Å². The lowest BCUT2D eigenvalue weighted by Crippen LogP contribution is -2.19. The number of anilines is 2. The van der Waals surface area contributed by atoms with E-state index in [9.17, 15) is 4.79 Å². The van der Waals surface area contributed by atoms with Crippen LogP contribution in [-0.2, 0) is 6.54 Å². The minimum Gasteiger partial charge on any atom is -0.497 e. The number of hydrogen-bond acceptors (Lipinski definition) is 5. The van der Waals surface area contributed by atoms with E-state index in [2.05, 4.69) is 15.4 Å². The SMILES string of the molecule is COc1ccc(Nc2nc(=O)cnn2Cc2ccccc2)c(C)c1. The average Bonchev–Trinajstić information content (AvgIpc) is 2.60. The predicted molar refractivity (Wildman–Crippen MR) is 92.8 cm³/mol. The van der Waals surface area contributed by atoms with Gasteiger partial charge in [0.05, 0.1) is 13.7 Å². The van der Waals surface area contributed by atoms with E-state index in [1.807, 2.05) is 55.5 Å². The number of aromatic nitrogens is 3. The van der Waals surface area contributed by atoms with Crippen molar-refractivity contribution in [2.24, 2.45) is 0 Å². The smallest absolute Gasteiger partial charge is 0.293 e. The van der Waals surface area contributed by atoms with Crippen molar-refractivity contribution in [3.05, 3.63) is 76.2 Å². The van der Waals surface area contributed by atoms with E-state index in [4.69, 9.17) is 4.74 Å². The summed E-state index contributed by atoms with van der Waals surface area (Å²) >= 11 is 0. The van der Waals surface area contributed by atoms with Crippen LogP contribution in [0.1, 0.15) is 11.1 Å². The van der Waals surface area contributed by atoms with E-state index in [0.717, 1.165) is 22.6 Å². The van der Waals surface area contributed by atoms with E-state index in [1.165, 1.54) is 6.20 Å². The van der Waals surface area contributed by atoms with Gasteiger partial charge in [0.2, 0.25) is 5.95 Å². The van der Waals surface area contributed by atoms with Crippen molar-refractivity contribution in [3.63, 3.8) is 0 Å². The van der Waals surface area contributed by atoms with Crippen LogP contribution in [0, 0.1) is 6.92 Å². The molecule has 0 aliphatic carbocycles. The minimum atomic E-state index is -0.382. The van der Waals surface area contributed by atoms with Crippen LogP contribution in [0.4, 0.5) is 11.6 Å². The molecule has 0 aliphatic heterocycles. The molecule has 3 rings (SSSR count). The first kappa shape index (κ1) is 15.7. The Kier molecular flexibility index (Phi) is 4.56. The number of ether oxygens (including phenoxy) is 1. The van der Waals surface area contributed by atoms with Gasteiger partial charge in [-0.2, -0.15) is 10.1 Å². The number of benzene rings is 2. The summed E-state index contributed by atoms with van der Waals surface area (Å²) in [4.78, 5) is 15.7. The molecule has 6 heteroatoms. The van der Waals surface area contributed by atoms with Gasteiger partial charge < -0.3 is 10.1 Å². The Morgan fingerprint density at radius 1 is 1.17 bits per heavy atom. The molecule has 0 saturated carbocycles. The van der Waals surface area contributed by atoms with Crippen LogP contribution in [0.2, 0.25) is 0 Å². The summed E-state index contributed by atoms with van der Waals surface area (Å²) in [6.07, 6.45) is 1.22. The molecular weight excluding hydrogens is 304 g/mol. The highest BCUT2D eigenvalue weighted by atomic mass is 16.5. The maximum absolute atomic E-state index is 11.6. The van der Waals surface area contributed by atoms with Gasteiger partial charge >= 0.3 is 0 Å². The Morgan fingerprint density at radius 3 is 2.67 bits per heavy atom.